The largest absolute Gasteiger partial charge is 0.416 e. The number of carbonyl (C=O) groups is 1. The molecule has 0 bridgehead atoms. The average Bonchev–Trinajstić information content (AvgIpc) is 3.08. The number of carbonyl (C=O) groups excluding carboxylic acids is 1. The van der Waals surface area contributed by atoms with Gasteiger partial charge >= 0.3 is 6.18 Å². The molecule has 1 aliphatic rings. The van der Waals surface area contributed by atoms with E-state index in [4.69, 9.17) is 0 Å². The van der Waals surface area contributed by atoms with Crippen molar-refractivity contribution in [2.24, 2.45) is 0 Å². The van der Waals surface area contributed by atoms with Crippen molar-refractivity contribution in [1.29, 1.82) is 0 Å². The Morgan fingerprint density at radius 3 is 2.48 bits per heavy atom. The Labute approximate surface area is 175 Å². The predicted molar refractivity (Wildman–Crippen MR) is 105 cm³/mol. The zero-order chi connectivity index (χ0) is 22.4. The van der Waals surface area contributed by atoms with Crippen molar-refractivity contribution in [3.8, 4) is 11.4 Å². The number of imidazole rings is 1. The van der Waals surface area contributed by atoms with Crippen molar-refractivity contribution < 1.29 is 31.6 Å². The average molecular weight is 453 g/mol. The van der Waals surface area contributed by atoms with E-state index < -0.39 is 32.7 Å². The number of benzene rings is 2. The molecule has 1 atom stereocenters. The first-order valence-corrected chi connectivity index (χ1v) is 11.0. The molecule has 0 spiro atoms. The smallest absolute Gasteiger partial charge is 0.338 e. The van der Waals surface area contributed by atoms with E-state index in [0.717, 1.165) is 12.1 Å². The minimum absolute atomic E-state index is 0.0830. The number of sulfone groups is 1. The molecule has 1 amide bonds. The number of hydrogen-bond donors (Lipinski definition) is 2. The molecule has 11 heteroatoms. The number of fused-ring (bicyclic) bond motifs is 1. The minimum Gasteiger partial charge on any atom is -0.338 e. The molecule has 0 radical (unpaired) electrons. The first-order chi connectivity index (χ1) is 14.6. The van der Waals surface area contributed by atoms with E-state index in [2.05, 4.69) is 9.97 Å². The maximum atomic E-state index is 12.9. The Morgan fingerprint density at radius 2 is 1.81 bits per heavy atom. The van der Waals surface area contributed by atoms with Crippen molar-refractivity contribution >= 4 is 26.8 Å². The van der Waals surface area contributed by atoms with Gasteiger partial charge in [-0.25, -0.2) is 18.5 Å². The molecule has 7 nitrogen and oxygen atoms in total. The van der Waals surface area contributed by atoms with Gasteiger partial charge in [0.1, 0.15) is 11.1 Å². The van der Waals surface area contributed by atoms with Gasteiger partial charge in [-0.1, -0.05) is 0 Å². The van der Waals surface area contributed by atoms with Crippen LogP contribution < -0.4 is 0 Å². The number of nitrogens with zero attached hydrogens (tertiary/aromatic N) is 2. The third kappa shape index (κ3) is 4.02. The predicted octanol–water partition coefficient (Wildman–Crippen LogP) is 3.79. The fourth-order valence-electron chi connectivity index (χ4n) is 3.56. The summed E-state index contributed by atoms with van der Waals surface area (Å²) in [6, 6.07) is 8.74. The van der Waals surface area contributed by atoms with Crippen molar-refractivity contribution in [2.75, 3.05) is 6.54 Å². The summed E-state index contributed by atoms with van der Waals surface area (Å²) in [4.78, 5) is 19.3. The Hall–Kier alpha value is -2.92. The van der Waals surface area contributed by atoms with Gasteiger partial charge in [-0.05, 0) is 61.7 Å². The van der Waals surface area contributed by atoms with E-state index >= 15 is 0 Å². The molecule has 1 unspecified atom stereocenters. The van der Waals surface area contributed by atoms with Crippen LogP contribution in [0.15, 0.2) is 47.4 Å². The van der Waals surface area contributed by atoms with Crippen LogP contribution in [0.5, 0.6) is 0 Å². The number of aromatic amines is 1. The highest BCUT2D eigenvalue weighted by Gasteiger charge is 2.38. The Bertz CT molecular complexity index is 1240. The fraction of sp³-hybridized carbons (Fsp3) is 0.300. The van der Waals surface area contributed by atoms with Crippen LogP contribution >= 0.6 is 0 Å². The summed E-state index contributed by atoms with van der Waals surface area (Å²) >= 11 is 0. The maximum Gasteiger partial charge on any atom is 0.416 e. The lowest BCUT2D eigenvalue weighted by Gasteiger charge is -2.18. The third-order valence-electron chi connectivity index (χ3n) is 5.26. The van der Waals surface area contributed by atoms with Gasteiger partial charge in [-0.2, -0.15) is 13.2 Å². The molecule has 3 aromatic rings. The molecule has 1 fully saturated rings. The summed E-state index contributed by atoms with van der Waals surface area (Å²) < 4.78 is 64.5. The van der Waals surface area contributed by atoms with E-state index in [-0.39, 0.29) is 29.2 Å². The molecule has 2 N–H and O–H groups in total. The highest BCUT2D eigenvalue weighted by Crippen LogP contribution is 2.32. The number of hydrogen-bond acceptors (Lipinski definition) is 5. The SMILES string of the molecule is O=C1C(S(=O)(=O)c2ccc(-c3nc4cc(C(F)(F)F)ccc4[nH]3)cc2)CCCCN1O. The number of H-pyrrole nitrogens is 1. The van der Waals surface area contributed by atoms with Gasteiger partial charge in [-0.3, -0.25) is 10.0 Å². The lowest BCUT2D eigenvalue weighted by Crippen LogP contribution is -2.39. The van der Waals surface area contributed by atoms with Crippen molar-refractivity contribution in [1.82, 2.24) is 15.0 Å². The molecule has 0 saturated carbocycles. The molecular formula is C20H18F3N3O4S. The third-order valence-corrected chi connectivity index (χ3v) is 7.37. The molecule has 0 aliphatic carbocycles. The van der Waals surface area contributed by atoms with Crippen molar-refractivity contribution in [2.45, 2.75) is 35.6 Å². The second-order valence-corrected chi connectivity index (χ2v) is 9.46. The Morgan fingerprint density at radius 1 is 1.10 bits per heavy atom. The molecule has 31 heavy (non-hydrogen) atoms. The zero-order valence-corrected chi connectivity index (χ0v) is 16.9. The first-order valence-electron chi connectivity index (χ1n) is 9.49. The Balaban J connectivity index is 1.64. The Kier molecular flexibility index (Phi) is 5.26. The normalized spacial score (nSPS) is 18.4. The van der Waals surface area contributed by atoms with E-state index in [1.807, 2.05) is 0 Å². The second kappa shape index (κ2) is 7.65. The number of rotatable bonds is 3. The second-order valence-electron chi connectivity index (χ2n) is 7.33. The highest BCUT2D eigenvalue weighted by atomic mass is 32.2. The van der Waals surface area contributed by atoms with Crippen LogP contribution in [0.3, 0.4) is 0 Å². The number of halogens is 3. The molecular weight excluding hydrogens is 435 g/mol. The summed E-state index contributed by atoms with van der Waals surface area (Å²) in [5.74, 6) is -0.565. The monoisotopic (exact) mass is 453 g/mol. The van der Waals surface area contributed by atoms with Gasteiger partial charge in [0.05, 0.1) is 21.5 Å². The topological polar surface area (TPSA) is 103 Å². The van der Waals surface area contributed by atoms with Crippen LogP contribution in [0, 0.1) is 0 Å². The number of amides is 1. The van der Waals surface area contributed by atoms with Crippen LogP contribution in [0.1, 0.15) is 24.8 Å². The van der Waals surface area contributed by atoms with Crippen LogP contribution in [-0.4, -0.2) is 46.4 Å². The number of hydroxylamine groups is 2. The standard InChI is InChI=1S/C20H18F3N3O4S/c21-20(22,23)13-6-9-15-16(11-13)25-18(24-15)12-4-7-14(8-5-12)31(29,30)17-3-1-2-10-26(28)19(17)27/h4-9,11,17,28H,1-3,10H2,(H,24,25). The van der Waals surface area contributed by atoms with Gasteiger partial charge < -0.3 is 4.98 Å². The molecule has 4 rings (SSSR count). The summed E-state index contributed by atoms with van der Waals surface area (Å²) in [6.07, 6.45) is -3.37. The van der Waals surface area contributed by atoms with Crippen molar-refractivity contribution in [3.05, 3.63) is 48.0 Å². The molecule has 2 heterocycles. The van der Waals surface area contributed by atoms with Gasteiger partial charge in [0.15, 0.2) is 9.84 Å². The van der Waals surface area contributed by atoms with E-state index in [1.165, 1.54) is 30.3 Å². The van der Waals surface area contributed by atoms with Gasteiger partial charge in [0.2, 0.25) is 0 Å². The van der Waals surface area contributed by atoms with Crippen LogP contribution in [0.2, 0.25) is 0 Å². The first kappa shape index (κ1) is 21.3. The van der Waals surface area contributed by atoms with E-state index in [9.17, 15) is 31.6 Å². The summed E-state index contributed by atoms with van der Waals surface area (Å²) in [7, 11) is -4.02. The van der Waals surface area contributed by atoms with Crippen LogP contribution in [0.4, 0.5) is 13.2 Å². The zero-order valence-electron chi connectivity index (χ0n) is 16.1. The fourth-order valence-corrected chi connectivity index (χ4v) is 5.27. The molecule has 1 aromatic heterocycles. The number of alkyl halides is 3. The maximum absolute atomic E-state index is 12.9. The number of nitrogens with one attached hydrogen (secondary N) is 1. The van der Waals surface area contributed by atoms with Gasteiger partial charge in [0.25, 0.3) is 5.91 Å². The summed E-state index contributed by atoms with van der Waals surface area (Å²) in [6.45, 7) is 0.0892. The number of aromatic nitrogens is 2. The molecule has 164 valence electrons. The lowest BCUT2D eigenvalue weighted by atomic mass is 10.2. The molecule has 2 aromatic carbocycles. The highest BCUT2D eigenvalue weighted by molar-refractivity contribution is 7.92. The lowest BCUT2D eigenvalue weighted by molar-refractivity contribution is -0.163. The minimum atomic E-state index is -4.48. The van der Waals surface area contributed by atoms with Crippen LogP contribution in [-0.2, 0) is 20.8 Å². The molecule has 1 saturated heterocycles. The van der Waals surface area contributed by atoms with Crippen LogP contribution in [0.25, 0.3) is 22.4 Å². The van der Waals surface area contributed by atoms with Crippen molar-refractivity contribution in [3.63, 3.8) is 0 Å². The van der Waals surface area contributed by atoms with Gasteiger partial charge in [0, 0.05) is 12.1 Å². The summed E-state index contributed by atoms with van der Waals surface area (Å²) in [5.41, 5.74) is 0.200. The van der Waals surface area contributed by atoms with E-state index in [1.54, 1.807) is 0 Å². The summed E-state index contributed by atoms with van der Waals surface area (Å²) in [5, 5.41) is 8.80. The van der Waals surface area contributed by atoms with E-state index in [0.29, 0.717) is 29.0 Å². The molecule has 1 aliphatic heterocycles. The quantitative estimate of drug-likeness (QED) is 0.588. The van der Waals surface area contributed by atoms with Gasteiger partial charge in [-0.15, -0.1) is 0 Å².